The highest BCUT2D eigenvalue weighted by Crippen LogP contribution is 2.31. The topological polar surface area (TPSA) is 30.7 Å². The molecule has 1 aliphatic carbocycles. The third-order valence-corrected chi connectivity index (χ3v) is 3.29. The van der Waals surface area contributed by atoms with Crippen LogP contribution < -0.4 is 0 Å². The fourth-order valence-corrected chi connectivity index (χ4v) is 1.97. The van der Waals surface area contributed by atoms with Crippen molar-refractivity contribution >= 4 is 27.0 Å². The summed E-state index contributed by atoms with van der Waals surface area (Å²) in [6.07, 6.45) is 2.54. The number of aromatic nitrogens is 3. The highest BCUT2D eigenvalue weighted by Gasteiger charge is 2.23. The molecule has 1 saturated carbocycles. The number of hydrogen-bond donors (Lipinski definition) is 0. The van der Waals surface area contributed by atoms with E-state index in [4.69, 9.17) is 0 Å². The maximum atomic E-state index is 13.2. The first-order chi connectivity index (χ1) is 7.24. The van der Waals surface area contributed by atoms with Gasteiger partial charge in [-0.1, -0.05) is 5.21 Å². The summed E-state index contributed by atoms with van der Waals surface area (Å²) in [5.74, 6) is 0.444. The number of fused-ring (bicyclic) bond motifs is 1. The second kappa shape index (κ2) is 3.27. The van der Waals surface area contributed by atoms with Crippen molar-refractivity contribution < 1.29 is 4.39 Å². The molecule has 2 aromatic rings. The molecule has 0 aliphatic heterocycles. The van der Waals surface area contributed by atoms with Crippen molar-refractivity contribution in [2.24, 2.45) is 5.92 Å². The lowest BCUT2D eigenvalue weighted by molar-refractivity contribution is 0.559. The maximum absolute atomic E-state index is 13.2. The number of rotatable bonds is 2. The van der Waals surface area contributed by atoms with Gasteiger partial charge in [-0.3, -0.25) is 0 Å². The summed E-state index contributed by atoms with van der Waals surface area (Å²) in [6.45, 7) is 0.897. The van der Waals surface area contributed by atoms with E-state index in [-0.39, 0.29) is 5.82 Å². The highest BCUT2D eigenvalue weighted by atomic mass is 79.9. The molecule has 0 N–H and O–H groups in total. The van der Waals surface area contributed by atoms with Crippen molar-refractivity contribution in [2.75, 3.05) is 0 Å². The molecule has 78 valence electrons. The van der Waals surface area contributed by atoms with Gasteiger partial charge in [-0.15, -0.1) is 5.10 Å². The minimum Gasteiger partial charge on any atom is -0.244 e. The number of hydrogen-bond acceptors (Lipinski definition) is 2. The zero-order valence-corrected chi connectivity index (χ0v) is 9.54. The summed E-state index contributed by atoms with van der Waals surface area (Å²) in [7, 11) is 0. The van der Waals surface area contributed by atoms with E-state index < -0.39 is 0 Å². The minimum absolute atomic E-state index is 0.291. The molecule has 0 amide bonds. The fraction of sp³-hybridized carbons (Fsp3) is 0.400. The average Bonchev–Trinajstić information content (AvgIpc) is 2.94. The average molecular weight is 270 g/mol. The molecular weight excluding hydrogens is 261 g/mol. The Balaban J connectivity index is 2.10. The van der Waals surface area contributed by atoms with Crippen LogP contribution in [0.4, 0.5) is 4.39 Å². The van der Waals surface area contributed by atoms with Crippen LogP contribution in [0.2, 0.25) is 0 Å². The van der Waals surface area contributed by atoms with Crippen molar-refractivity contribution in [3.05, 3.63) is 22.4 Å². The summed E-state index contributed by atoms with van der Waals surface area (Å²) in [6, 6.07) is 3.16. The van der Waals surface area contributed by atoms with Gasteiger partial charge in [-0.05, 0) is 40.8 Å². The van der Waals surface area contributed by atoms with Gasteiger partial charge in [-0.25, -0.2) is 9.07 Å². The van der Waals surface area contributed by atoms with E-state index in [0.717, 1.165) is 18.0 Å². The van der Waals surface area contributed by atoms with Crippen LogP contribution in [0.1, 0.15) is 12.8 Å². The molecule has 0 atom stereocenters. The van der Waals surface area contributed by atoms with Crippen LogP contribution in [0, 0.1) is 11.7 Å². The molecule has 0 radical (unpaired) electrons. The van der Waals surface area contributed by atoms with Crippen LogP contribution in [0.15, 0.2) is 16.6 Å². The molecule has 15 heavy (non-hydrogen) atoms. The Kier molecular flexibility index (Phi) is 2.02. The Labute approximate surface area is 94.4 Å². The van der Waals surface area contributed by atoms with E-state index in [1.165, 1.54) is 18.9 Å². The normalized spacial score (nSPS) is 16.1. The molecular formula is C10H9BrFN3. The molecule has 0 bridgehead atoms. The van der Waals surface area contributed by atoms with Crippen molar-refractivity contribution in [1.29, 1.82) is 0 Å². The van der Waals surface area contributed by atoms with Crippen LogP contribution >= 0.6 is 15.9 Å². The molecule has 0 spiro atoms. The smallest absolute Gasteiger partial charge is 0.139 e. The number of nitrogens with zero attached hydrogens (tertiary/aromatic N) is 3. The van der Waals surface area contributed by atoms with Crippen LogP contribution in [-0.2, 0) is 6.54 Å². The monoisotopic (exact) mass is 269 g/mol. The lowest BCUT2D eigenvalue weighted by atomic mass is 10.3. The Morgan fingerprint density at radius 2 is 2.27 bits per heavy atom. The van der Waals surface area contributed by atoms with Gasteiger partial charge in [-0.2, -0.15) is 0 Å². The SMILES string of the molecule is Fc1cc2nnn(CC3CC3)c2cc1Br. The zero-order valence-electron chi connectivity index (χ0n) is 7.95. The summed E-state index contributed by atoms with van der Waals surface area (Å²) < 4.78 is 15.5. The predicted molar refractivity (Wildman–Crippen MR) is 57.9 cm³/mol. The highest BCUT2D eigenvalue weighted by molar-refractivity contribution is 9.10. The Morgan fingerprint density at radius 1 is 1.47 bits per heavy atom. The molecule has 1 fully saturated rings. The molecule has 1 aliphatic rings. The second-order valence-electron chi connectivity index (χ2n) is 3.97. The van der Waals surface area contributed by atoms with E-state index in [2.05, 4.69) is 26.2 Å². The van der Waals surface area contributed by atoms with Crippen LogP contribution in [0.5, 0.6) is 0 Å². The van der Waals surface area contributed by atoms with Crippen molar-refractivity contribution in [2.45, 2.75) is 19.4 Å². The van der Waals surface area contributed by atoms with Crippen molar-refractivity contribution in [3.8, 4) is 0 Å². The fourth-order valence-electron chi connectivity index (χ4n) is 1.64. The lowest BCUT2D eigenvalue weighted by Crippen LogP contribution is -2.01. The Morgan fingerprint density at radius 3 is 3.00 bits per heavy atom. The van der Waals surface area contributed by atoms with E-state index in [1.807, 2.05) is 4.68 Å². The van der Waals surface area contributed by atoms with Gasteiger partial charge in [0.25, 0.3) is 0 Å². The third-order valence-electron chi connectivity index (χ3n) is 2.68. The second-order valence-corrected chi connectivity index (χ2v) is 4.82. The molecule has 1 heterocycles. The van der Waals surface area contributed by atoms with Gasteiger partial charge in [0.1, 0.15) is 11.3 Å². The van der Waals surface area contributed by atoms with Crippen LogP contribution in [-0.4, -0.2) is 15.0 Å². The summed E-state index contributed by atoms with van der Waals surface area (Å²) >= 11 is 3.17. The van der Waals surface area contributed by atoms with Crippen molar-refractivity contribution in [1.82, 2.24) is 15.0 Å². The number of halogens is 2. The van der Waals surface area contributed by atoms with Gasteiger partial charge in [0.05, 0.1) is 9.99 Å². The zero-order chi connectivity index (χ0) is 10.4. The maximum Gasteiger partial charge on any atom is 0.139 e. The molecule has 1 aromatic heterocycles. The largest absolute Gasteiger partial charge is 0.244 e. The standard InChI is InChI=1S/C10H9BrFN3/c11-7-3-10-9(4-8(7)12)13-14-15(10)5-6-1-2-6/h3-4,6H,1-2,5H2. The van der Waals surface area contributed by atoms with E-state index in [1.54, 1.807) is 6.07 Å². The summed E-state index contributed by atoms with van der Waals surface area (Å²) in [4.78, 5) is 0. The lowest BCUT2D eigenvalue weighted by Gasteiger charge is -2.00. The van der Waals surface area contributed by atoms with Gasteiger partial charge in [0.15, 0.2) is 0 Å². The molecule has 5 heteroatoms. The van der Waals surface area contributed by atoms with Crippen LogP contribution in [0.3, 0.4) is 0 Å². The Bertz CT molecular complexity index is 519. The first-order valence-corrected chi connectivity index (χ1v) is 5.71. The molecule has 1 aromatic carbocycles. The van der Waals surface area contributed by atoms with Gasteiger partial charge in [0.2, 0.25) is 0 Å². The van der Waals surface area contributed by atoms with E-state index in [0.29, 0.717) is 9.99 Å². The van der Waals surface area contributed by atoms with Crippen molar-refractivity contribution in [3.63, 3.8) is 0 Å². The van der Waals surface area contributed by atoms with Gasteiger partial charge in [0, 0.05) is 12.6 Å². The van der Waals surface area contributed by atoms with Gasteiger partial charge < -0.3 is 0 Å². The molecule has 3 nitrogen and oxygen atoms in total. The summed E-state index contributed by atoms with van der Waals surface area (Å²) in [5, 5.41) is 7.99. The quantitative estimate of drug-likeness (QED) is 0.840. The summed E-state index contributed by atoms with van der Waals surface area (Å²) in [5.41, 5.74) is 1.52. The van der Waals surface area contributed by atoms with Gasteiger partial charge >= 0.3 is 0 Å². The van der Waals surface area contributed by atoms with Crippen LogP contribution in [0.25, 0.3) is 11.0 Å². The Hall–Kier alpha value is -0.970. The third kappa shape index (κ3) is 1.65. The number of benzene rings is 1. The minimum atomic E-state index is -0.291. The predicted octanol–water partition coefficient (Wildman–Crippen LogP) is 2.74. The molecule has 0 unspecified atom stereocenters. The first-order valence-electron chi connectivity index (χ1n) is 4.92. The molecule has 3 rings (SSSR count). The molecule has 0 saturated heterocycles. The van der Waals surface area contributed by atoms with E-state index in [9.17, 15) is 4.39 Å². The first kappa shape index (κ1) is 9.27. The van der Waals surface area contributed by atoms with E-state index >= 15 is 0 Å².